The van der Waals surface area contributed by atoms with Crippen LogP contribution in [0.3, 0.4) is 0 Å². The molecular formula is C17H13ClN4OS. The molecule has 0 atom stereocenters. The van der Waals surface area contributed by atoms with Crippen LogP contribution in [0.15, 0.2) is 58.5 Å². The summed E-state index contributed by atoms with van der Waals surface area (Å²) in [5, 5.41) is 10.3. The van der Waals surface area contributed by atoms with Gasteiger partial charge in [-0.2, -0.15) is 0 Å². The number of benzene rings is 2. The lowest BCUT2D eigenvalue weighted by Gasteiger charge is -2.11. The number of thioether (sulfide) groups is 1. The highest BCUT2D eigenvalue weighted by Crippen LogP contribution is 2.22. The van der Waals surface area contributed by atoms with Crippen LogP contribution < -0.4 is 5.56 Å². The summed E-state index contributed by atoms with van der Waals surface area (Å²) in [7, 11) is 0. The molecule has 2 aromatic carbocycles. The van der Waals surface area contributed by atoms with Gasteiger partial charge in [0, 0.05) is 5.02 Å². The second kappa shape index (κ2) is 5.96. The van der Waals surface area contributed by atoms with Gasteiger partial charge in [0.25, 0.3) is 5.56 Å². The third-order valence-corrected chi connectivity index (χ3v) is 4.76. The minimum Gasteiger partial charge on any atom is -0.272 e. The van der Waals surface area contributed by atoms with E-state index in [0.717, 1.165) is 16.2 Å². The van der Waals surface area contributed by atoms with Gasteiger partial charge in [0.1, 0.15) is 0 Å². The average Bonchev–Trinajstić information content (AvgIpc) is 3.03. The Balaban J connectivity index is 2.09. The number of aromatic nitrogens is 4. The van der Waals surface area contributed by atoms with Crippen molar-refractivity contribution < 1.29 is 0 Å². The zero-order chi connectivity index (χ0) is 16.7. The van der Waals surface area contributed by atoms with E-state index in [4.69, 9.17) is 11.6 Å². The summed E-state index contributed by atoms with van der Waals surface area (Å²) in [5.74, 6) is 0.531. The average molecular weight is 357 g/mol. The zero-order valence-electron chi connectivity index (χ0n) is 12.8. The maximum atomic E-state index is 13.0. The van der Waals surface area contributed by atoms with Crippen molar-refractivity contribution in [3.63, 3.8) is 0 Å². The quantitative estimate of drug-likeness (QED) is 0.527. The van der Waals surface area contributed by atoms with E-state index < -0.39 is 0 Å². The summed E-state index contributed by atoms with van der Waals surface area (Å²) >= 11 is 7.59. The maximum Gasteiger partial charge on any atom is 0.263 e. The van der Waals surface area contributed by atoms with Gasteiger partial charge in [-0.1, -0.05) is 53.7 Å². The minimum absolute atomic E-state index is 0.121. The molecule has 0 saturated carbocycles. The van der Waals surface area contributed by atoms with Crippen molar-refractivity contribution in [1.82, 2.24) is 19.2 Å². The number of halogens is 1. The molecule has 0 fully saturated rings. The van der Waals surface area contributed by atoms with Crippen molar-refractivity contribution in [3.8, 4) is 0 Å². The molecule has 0 radical (unpaired) electrons. The second-order valence-electron chi connectivity index (χ2n) is 5.36. The zero-order valence-corrected chi connectivity index (χ0v) is 14.4. The first-order chi connectivity index (χ1) is 11.7. The fourth-order valence-electron chi connectivity index (χ4n) is 2.80. The van der Waals surface area contributed by atoms with Gasteiger partial charge >= 0.3 is 0 Å². The van der Waals surface area contributed by atoms with Gasteiger partial charge in [-0.15, -0.1) is 10.2 Å². The van der Waals surface area contributed by atoms with Gasteiger partial charge in [0.05, 0.1) is 17.4 Å². The van der Waals surface area contributed by atoms with Crippen molar-refractivity contribution in [2.24, 2.45) is 0 Å². The number of hydrogen-bond acceptors (Lipinski definition) is 4. The lowest BCUT2D eigenvalue weighted by molar-refractivity contribution is 0.764. The molecule has 0 aliphatic carbocycles. The summed E-state index contributed by atoms with van der Waals surface area (Å²) in [4.78, 5) is 13.0. The SMILES string of the molecule is CSc1nnc2n(Cc3ccccc3)c(=O)c3cc(Cl)ccc3n12. The molecule has 0 saturated heterocycles. The summed E-state index contributed by atoms with van der Waals surface area (Å²) < 4.78 is 3.54. The number of rotatable bonds is 3. The van der Waals surface area contributed by atoms with Gasteiger partial charge in [0.2, 0.25) is 5.78 Å². The van der Waals surface area contributed by atoms with Crippen molar-refractivity contribution in [1.29, 1.82) is 0 Å². The molecule has 4 aromatic rings. The lowest BCUT2D eigenvalue weighted by Crippen LogP contribution is -2.24. The Bertz CT molecular complexity index is 1100. The lowest BCUT2D eigenvalue weighted by atomic mass is 10.2. The Hall–Kier alpha value is -2.31. The van der Waals surface area contributed by atoms with E-state index >= 15 is 0 Å². The Morgan fingerprint density at radius 1 is 1.12 bits per heavy atom. The van der Waals surface area contributed by atoms with Gasteiger partial charge in [0.15, 0.2) is 5.16 Å². The molecule has 120 valence electrons. The first-order valence-corrected chi connectivity index (χ1v) is 8.94. The first kappa shape index (κ1) is 15.2. The third-order valence-electron chi connectivity index (χ3n) is 3.90. The van der Waals surface area contributed by atoms with Crippen molar-refractivity contribution in [2.45, 2.75) is 11.7 Å². The Kier molecular flexibility index (Phi) is 3.78. The van der Waals surface area contributed by atoms with Crippen molar-refractivity contribution in [2.75, 3.05) is 6.26 Å². The highest BCUT2D eigenvalue weighted by Gasteiger charge is 2.16. The van der Waals surface area contributed by atoms with E-state index in [1.54, 1.807) is 16.7 Å². The van der Waals surface area contributed by atoms with Gasteiger partial charge < -0.3 is 0 Å². The smallest absolute Gasteiger partial charge is 0.263 e. The fourth-order valence-corrected chi connectivity index (χ4v) is 3.46. The van der Waals surface area contributed by atoms with E-state index in [9.17, 15) is 4.79 Å². The summed E-state index contributed by atoms with van der Waals surface area (Å²) in [6.07, 6.45) is 1.94. The first-order valence-electron chi connectivity index (χ1n) is 7.34. The molecule has 0 aliphatic rings. The summed E-state index contributed by atoms with van der Waals surface area (Å²) in [5.41, 5.74) is 1.67. The molecule has 4 rings (SSSR count). The normalized spacial score (nSPS) is 11.4. The van der Waals surface area contributed by atoms with Crippen LogP contribution in [0.4, 0.5) is 0 Å². The number of fused-ring (bicyclic) bond motifs is 3. The van der Waals surface area contributed by atoms with E-state index in [1.165, 1.54) is 11.8 Å². The van der Waals surface area contributed by atoms with Crippen LogP contribution in [0.1, 0.15) is 5.56 Å². The standard InChI is InChI=1S/C17H13ClN4OS/c1-24-17-20-19-16-21(10-11-5-3-2-4-6-11)15(23)13-9-12(18)7-8-14(13)22(16)17/h2-9H,10H2,1H3. The van der Waals surface area contributed by atoms with Crippen LogP contribution in [0.2, 0.25) is 5.02 Å². The molecule has 7 heteroatoms. The van der Waals surface area contributed by atoms with Crippen molar-refractivity contribution in [3.05, 3.63) is 69.5 Å². The molecular weight excluding hydrogens is 344 g/mol. The molecule has 0 bridgehead atoms. The van der Waals surface area contributed by atoms with E-state index in [2.05, 4.69) is 10.2 Å². The van der Waals surface area contributed by atoms with E-state index in [-0.39, 0.29) is 5.56 Å². The molecule has 5 nitrogen and oxygen atoms in total. The van der Waals surface area contributed by atoms with Gasteiger partial charge in [-0.25, -0.2) is 0 Å². The molecule has 0 aliphatic heterocycles. The molecule has 0 spiro atoms. The van der Waals surface area contributed by atoms with E-state index in [1.807, 2.05) is 47.1 Å². The third kappa shape index (κ3) is 2.39. The highest BCUT2D eigenvalue weighted by atomic mass is 35.5. The number of hydrogen-bond donors (Lipinski definition) is 0. The second-order valence-corrected chi connectivity index (χ2v) is 6.57. The Labute approximate surface area is 146 Å². The van der Waals surface area contributed by atoms with Gasteiger partial charge in [-0.3, -0.25) is 13.8 Å². The fraction of sp³-hybridized carbons (Fsp3) is 0.118. The van der Waals surface area contributed by atoms with Crippen LogP contribution in [-0.2, 0) is 6.54 Å². The molecule has 0 unspecified atom stereocenters. The largest absolute Gasteiger partial charge is 0.272 e. The minimum atomic E-state index is -0.121. The highest BCUT2D eigenvalue weighted by molar-refractivity contribution is 7.98. The molecule has 2 heterocycles. The Morgan fingerprint density at radius 3 is 2.67 bits per heavy atom. The van der Waals surface area contributed by atoms with Crippen LogP contribution in [-0.4, -0.2) is 25.4 Å². The van der Waals surface area contributed by atoms with Crippen LogP contribution >= 0.6 is 23.4 Å². The van der Waals surface area contributed by atoms with Crippen molar-refractivity contribution >= 4 is 40.0 Å². The summed E-state index contributed by atoms with van der Waals surface area (Å²) in [6, 6.07) is 15.1. The summed E-state index contributed by atoms with van der Waals surface area (Å²) in [6.45, 7) is 0.429. The molecule has 2 aromatic heterocycles. The van der Waals surface area contributed by atoms with Crippen LogP contribution in [0.25, 0.3) is 16.7 Å². The molecule has 0 N–H and O–H groups in total. The molecule has 24 heavy (non-hydrogen) atoms. The predicted molar refractivity (Wildman–Crippen MR) is 97.1 cm³/mol. The monoisotopic (exact) mass is 356 g/mol. The van der Waals surface area contributed by atoms with E-state index in [0.29, 0.717) is 22.7 Å². The molecule has 0 amide bonds. The number of nitrogens with zero attached hydrogens (tertiary/aromatic N) is 4. The van der Waals surface area contributed by atoms with Crippen LogP contribution in [0, 0.1) is 0 Å². The predicted octanol–water partition coefficient (Wildman–Crippen LogP) is 3.47. The topological polar surface area (TPSA) is 52.2 Å². The van der Waals surface area contributed by atoms with Crippen LogP contribution in [0.5, 0.6) is 0 Å². The maximum absolute atomic E-state index is 13.0. The Morgan fingerprint density at radius 2 is 1.92 bits per heavy atom. The van der Waals surface area contributed by atoms with Gasteiger partial charge in [-0.05, 0) is 30.0 Å².